The Bertz CT molecular complexity index is 655. The Kier molecular flexibility index (Phi) is 7.15. The summed E-state index contributed by atoms with van der Waals surface area (Å²) in [5.74, 6) is 1.21. The molecule has 0 fully saturated rings. The van der Waals surface area contributed by atoms with Gasteiger partial charge in [0.05, 0.1) is 6.61 Å². The van der Waals surface area contributed by atoms with Crippen LogP contribution in [0, 0.1) is 6.92 Å². The van der Waals surface area contributed by atoms with Crippen LogP contribution in [0.15, 0.2) is 48.5 Å². The SMILES string of the molecule is CCCCCOc1cccc(OCC(=O)Nc2cccc(C)c2)c1. The number of carbonyl (C=O) groups is 1. The van der Waals surface area contributed by atoms with E-state index < -0.39 is 0 Å². The number of amides is 1. The van der Waals surface area contributed by atoms with E-state index in [0.29, 0.717) is 12.4 Å². The Morgan fingerprint density at radius 2 is 1.75 bits per heavy atom. The van der Waals surface area contributed by atoms with Crippen LogP contribution in [0.3, 0.4) is 0 Å². The van der Waals surface area contributed by atoms with Crippen LogP contribution in [0.4, 0.5) is 5.69 Å². The molecular formula is C20H25NO3. The summed E-state index contributed by atoms with van der Waals surface area (Å²) in [6.07, 6.45) is 3.37. The van der Waals surface area contributed by atoms with E-state index in [0.717, 1.165) is 29.8 Å². The highest BCUT2D eigenvalue weighted by Crippen LogP contribution is 2.20. The molecule has 0 aliphatic carbocycles. The molecule has 2 rings (SSSR count). The molecule has 24 heavy (non-hydrogen) atoms. The van der Waals surface area contributed by atoms with Crippen LogP contribution >= 0.6 is 0 Å². The van der Waals surface area contributed by atoms with Gasteiger partial charge in [-0.1, -0.05) is 38.0 Å². The molecule has 1 amide bonds. The number of nitrogens with one attached hydrogen (secondary N) is 1. The average molecular weight is 327 g/mol. The molecule has 0 saturated heterocycles. The minimum Gasteiger partial charge on any atom is -0.493 e. The van der Waals surface area contributed by atoms with Crippen LogP contribution in [-0.4, -0.2) is 19.1 Å². The first kappa shape index (κ1) is 17.9. The fourth-order valence-corrected chi connectivity index (χ4v) is 2.26. The van der Waals surface area contributed by atoms with Crippen molar-refractivity contribution < 1.29 is 14.3 Å². The van der Waals surface area contributed by atoms with Gasteiger partial charge < -0.3 is 14.8 Å². The van der Waals surface area contributed by atoms with Gasteiger partial charge in [0.1, 0.15) is 11.5 Å². The third kappa shape index (κ3) is 6.32. The van der Waals surface area contributed by atoms with E-state index in [9.17, 15) is 4.79 Å². The van der Waals surface area contributed by atoms with E-state index in [2.05, 4.69) is 12.2 Å². The first-order valence-corrected chi connectivity index (χ1v) is 8.39. The Balaban J connectivity index is 1.79. The third-order valence-electron chi connectivity index (χ3n) is 3.49. The molecular weight excluding hydrogens is 302 g/mol. The van der Waals surface area contributed by atoms with E-state index in [4.69, 9.17) is 9.47 Å². The van der Waals surface area contributed by atoms with Gasteiger partial charge in [-0.2, -0.15) is 0 Å². The zero-order chi connectivity index (χ0) is 17.2. The van der Waals surface area contributed by atoms with Gasteiger partial charge in [-0.15, -0.1) is 0 Å². The van der Waals surface area contributed by atoms with Crippen molar-refractivity contribution in [2.45, 2.75) is 33.1 Å². The largest absolute Gasteiger partial charge is 0.493 e. The second-order valence-corrected chi connectivity index (χ2v) is 5.74. The zero-order valence-corrected chi connectivity index (χ0v) is 14.4. The zero-order valence-electron chi connectivity index (χ0n) is 14.4. The maximum absolute atomic E-state index is 12.0. The number of carbonyl (C=O) groups excluding carboxylic acids is 1. The number of anilines is 1. The molecule has 0 aliphatic heterocycles. The number of ether oxygens (including phenoxy) is 2. The molecule has 4 nitrogen and oxygen atoms in total. The number of aryl methyl sites for hydroxylation is 1. The molecule has 0 bridgehead atoms. The molecule has 128 valence electrons. The number of hydrogen-bond donors (Lipinski definition) is 1. The van der Waals surface area contributed by atoms with Gasteiger partial charge >= 0.3 is 0 Å². The molecule has 1 N–H and O–H groups in total. The maximum Gasteiger partial charge on any atom is 0.262 e. The van der Waals surface area contributed by atoms with Gasteiger partial charge in [0.25, 0.3) is 5.91 Å². The highest BCUT2D eigenvalue weighted by molar-refractivity contribution is 5.91. The van der Waals surface area contributed by atoms with Crippen molar-refractivity contribution in [2.24, 2.45) is 0 Å². The lowest BCUT2D eigenvalue weighted by atomic mass is 10.2. The van der Waals surface area contributed by atoms with Crippen molar-refractivity contribution in [3.8, 4) is 11.5 Å². The normalized spacial score (nSPS) is 10.2. The van der Waals surface area contributed by atoms with Crippen molar-refractivity contribution in [1.82, 2.24) is 0 Å². The first-order valence-electron chi connectivity index (χ1n) is 8.39. The predicted molar refractivity (Wildman–Crippen MR) is 96.8 cm³/mol. The summed E-state index contributed by atoms with van der Waals surface area (Å²) >= 11 is 0. The van der Waals surface area contributed by atoms with Gasteiger partial charge in [0.2, 0.25) is 0 Å². The summed E-state index contributed by atoms with van der Waals surface area (Å²) in [5, 5.41) is 2.82. The van der Waals surface area contributed by atoms with Crippen LogP contribution < -0.4 is 14.8 Å². The van der Waals surface area contributed by atoms with E-state index in [1.165, 1.54) is 6.42 Å². The molecule has 2 aromatic rings. The van der Waals surface area contributed by atoms with Crippen molar-refractivity contribution in [3.05, 3.63) is 54.1 Å². The Labute approximate surface area is 143 Å². The lowest BCUT2D eigenvalue weighted by Gasteiger charge is -2.10. The molecule has 0 unspecified atom stereocenters. The van der Waals surface area contributed by atoms with Crippen molar-refractivity contribution >= 4 is 11.6 Å². The second kappa shape index (κ2) is 9.60. The molecule has 0 radical (unpaired) electrons. The summed E-state index contributed by atoms with van der Waals surface area (Å²) < 4.78 is 11.2. The van der Waals surface area contributed by atoms with E-state index in [1.807, 2.05) is 55.5 Å². The van der Waals surface area contributed by atoms with Gasteiger partial charge in [-0.3, -0.25) is 4.79 Å². The minimum atomic E-state index is -0.185. The summed E-state index contributed by atoms with van der Waals surface area (Å²) in [7, 11) is 0. The van der Waals surface area contributed by atoms with Crippen molar-refractivity contribution in [3.63, 3.8) is 0 Å². The molecule has 2 aromatic carbocycles. The molecule has 0 saturated carbocycles. The van der Waals surface area contributed by atoms with Gasteiger partial charge in [-0.25, -0.2) is 0 Å². The van der Waals surface area contributed by atoms with Gasteiger partial charge in [0, 0.05) is 11.8 Å². The van der Waals surface area contributed by atoms with Crippen LogP contribution in [0.1, 0.15) is 31.7 Å². The Morgan fingerprint density at radius 3 is 2.50 bits per heavy atom. The topological polar surface area (TPSA) is 47.6 Å². The van der Waals surface area contributed by atoms with E-state index in [1.54, 1.807) is 0 Å². The average Bonchev–Trinajstić information content (AvgIpc) is 2.57. The molecule has 4 heteroatoms. The summed E-state index contributed by atoms with van der Waals surface area (Å²) in [6.45, 7) is 4.81. The molecule has 0 heterocycles. The number of unbranched alkanes of at least 4 members (excludes halogenated alkanes) is 2. The first-order chi connectivity index (χ1) is 11.7. The lowest BCUT2D eigenvalue weighted by molar-refractivity contribution is -0.118. The Hall–Kier alpha value is -2.49. The molecule has 0 aromatic heterocycles. The fraction of sp³-hybridized carbons (Fsp3) is 0.350. The quantitative estimate of drug-likeness (QED) is 0.686. The lowest BCUT2D eigenvalue weighted by Crippen LogP contribution is -2.20. The molecule has 0 spiro atoms. The molecule has 0 atom stereocenters. The van der Waals surface area contributed by atoms with E-state index in [-0.39, 0.29) is 12.5 Å². The maximum atomic E-state index is 12.0. The number of hydrogen-bond acceptors (Lipinski definition) is 3. The highest BCUT2D eigenvalue weighted by atomic mass is 16.5. The Morgan fingerprint density at radius 1 is 1.00 bits per heavy atom. The van der Waals surface area contributed by atoms with Crippen LogP contribution in [0.2, 0.25) is 0 Å². The minimum absolute atomic E-state index is 0.0345. The molecule has 0 aliphatic rings. The predicted octanol–water partition coefficient (Wildman–Crippen LogP) is 4.58. The van der Waals surface area contributed by atoms with Crippen LogP contribution in [-0.2, 0) is 4.79 Å². The van der Waals surface area contributed by atoms with Crippen LogP contribution in [0.25, 0.3) is 0 Å². The monoisotopic (exact) mass is 327 g/mol. The van der Waals surface area contributed by atoms with E-state index >= 15 is 0 Å². The number of benzene rings is 2. The summed E-state index contributed by atoms with van der Waals surface area (Å²) in [6, 6.07) is 15.1. The smallest absolute Gasteiger partial charge is 0.262 e. The second-order valence-electron chi connectivity index (χ2n) is 5.74. The van der Waals surface area contributed by atoms with Gasteiger partial charge in [0.15, 0.2) is 6.61 Å². The third-order valence-corrected chi connectivity index (χ3v) is 3.49. The highest BCUT2D eigenvalue weighted by Gasteiger charge is 2.05. The van der Waals surface area contributed by atoms with Crippen molar-refractivity contribution in [2.75, 3.05) is 18.5 Å². The number of rotatable bonds is 9. The van der Waals surface area contributed by atoms with Crippen molar-refractivity contribution in [1.29, 1.82) is 0 Å². The fourth-order valence-electron chi connectivity index (χ4n) is 2.26. The van der Waals surface area contributed by atoms with Gasteiger partial charge in [-0.05, 0) is 43.2 Å². The summed E-state index contributed by atoms with van der Waals surface area (Å²) in [4.78, 5) is 12.0. The van der Waals surface area contributed by atoms with Crippen LogP contribution in [0.5, 0.6) is 11.5 Å². The standard InChI is InChI=1S/C20H25NO3/c1-3-4-5-12-23-18-10-7-11-19(14-18)24-15-20(22)21-17-9-6-8-16(2)13-17/h6-11,13-14H,3-5,12,15H2,1-2H3,(H,21,22). The summed E-state index contributed by atoms with van der Waals surface area (Å²) in [5.41, 5.74) is 1.87.